The Morgan fingerprint density at radius 2 is 1.97 bits per heavy atom. The second-order valence-corrected chi connectivity index (χ2v) is 9.76. The molecule has 4 heterocycles. The number of amides is 1. The molecule has 0 spiro atoms. The fourth-order valence-electron chi connectivity index (χ4n) is 4.28. The number of halogens is 1. The van der Waals surface area contributed by atoms with Crippen LogP contribution in [0.25, 0.3) is 22.6 Å². The van der Waals surface area contributed by atoms with Crippen LogP contribution in [0.3, 0.4) is 0 Å². The average Bonchev–Trinajstić information content (AvgIpc) is 3.51. The van der Waals surface area contributed by atoms with Gasteiger partial charge < -0.3 is 24.5 Å². The average molecular weight is 500 g/mol. The molecule has 2 saturated heterocycles. The zero-order valence-electron chi connectivity index (χ0n) is 19.4. The van der Waals surface area contributed by atoms with Crippen molar-refractivity contribution in [2.45, 2.75) is 30.9 Å². The second kappa shape index (κ2) is 9.65. The molecule has 1 amide bonds. The van der Waals surface area contributed by atoms with Crippen molar-refractivity contribution in [3.8, 4) is 22.6 Å². The predicted octanol–water partition coefficient (Wildman–Crippen LogP) is 3.04. The highest BCUT2D eigenvalue weighted by Crippen LogP contribution is 2.36. The molecule has 2 aliphatic rings. The quantitative estimate of drug-likeness (QED) is 0.407. The van der Waals surface area contributed by atoms with Crippen molar-refractivity contribution < 1.29 is 23.8 Å². The summed E-state index contributed by atoms with van der Waals surface area (Å²) >= 11 is 1.42. The number of H-pyrrole nitrogens is 1. The Bertz CT molecular complexity index is 1210. The van der Waals surface area contributed by atoms with Gasteiger partial charge in [0, 0.05) is 24.8 Å². The molecule has 1 aromatic carbocycles. The molecule has 9 nitrogen and oxygen atoms in total. The molecule has 0 bridgehead atoms. The van der Waals surface area contributed by atoms with Crippen molar-refractivity contribution >= 4 is 17.7 Å². The van der Waals surface area contributed by atoms with Gasteiger partial charge in [-0.2, -0.15) is 0 Å². The van der Waals surface area contributed by atoms with Gasteiger partial charge in [0.05, 0.1) is 41.8 Å². The first-order chi connectivity index (χ1) is 16.9. The fourth-order valence-corrected chi connectivity index (χ4v) is 4.64. The zero-order chi connectivity index (χ0) is 24.6. The normalized spacial score (nSPS) is 24.6. The minimum absolute atomic E-state index is 0.0924. The maximum atomic E-state index is 13.6. The third-order valence-corrected chi connectivity index (χ3v) is 6.77. The number of nitrogens with one attached hydrogen (secondary N) is 1. The fraction of sp³-hybridized carbons (Fsp3) is 0.417. The Kier molecular flexibility index (Phi) is 6.58. The first kappa shape index (κ1) is 23.9. The third-order valence-electron chi connectivity index (χ3n) is 6.21. The molecule has 35 heavy (non-hydrogen) atoms. The van der Waals surface area contributed by atoms with Crippen molar-refractivity contribution in [3.63, 3.8) is 0 Å². The number of aromatic nitrogens is 4. The SMILES string of the molecule is CSc1nccc(-c2[nH]c(C3OCC(C)(C(=O)N4CCC(O)C4)CO3)nc2-c2ccc(F)cc2)n1. The molecular weight excluding hydrogens is 473 g/mol. The van der Waals surface area contributed by atoms with Gasteiger partial charge in [0.25, 0.3) is 0 Å². The summed E-state index contributed by atoms with van der Waals surface area (Å²) in [7, 11) is 0. The summed E-state index contributed by atoms with van der Waals surface area (Å²) in [6.45, 7) is 2.96. The Labute approximate surface area is 206 Å². The number of thioether (sulfide) groups is 1. The van der Waals surface area contributed by atoms with Crippen LogP contribution >= 0.6 is 11.8 Å². The van der Waals surface area contributed by atoms with Crippen molar-refractivity contribution in [1.82, 2.24) is 24.8 Å². The highest BCUT2D eigenvalue weighted by atomic mass is 32.2. The summed E-state index contributed by atoms with van der Waals surface area (Å²) in [6.07, 6.45) is 2.84. The zero-order valence-corrected chi connectivity index (χ0v) is 20.2. The summed E-state index contributed by atoms with van der Waals surface area (Å²) in [5.74, 6) is -0.00821. The van der Waals surface area contributed by atoms with Crippen LogP contribution in [0, 0.1) is 11.2 Å². The van der Waals surface area contributed by atoms with E-state index in [4.69, 9.17) is 14.5 Å². The van der Waals surface area contributed by atoms with Crippen molar-refractivity contribution in [3.05, 3.63) is 48.2 Å². The number of carbonyl (C=O) groups excluding carboxylic acids is 1. The first-order valence-electron chi connectivity index (χ1n) is 11.3. The smallest absolute Gasteiger partial charge is 0.233 e. The number of β-amino-alcohol motifs (C(OH)–C–C–N with tert-alkyl or cyclic N) is 1. The summed E-state index contributed by atoms with van der Waals surface area (Å²) < 4.78 is 25.5. The van der Waals surface area contributed by atoms with Crippen LogP contribution in [-0.4, -0.2) is 74.5 Å². The van der Waals surface area contributed by atoms with Crippen molar-refractivity contribution in [2.24, 2.45) is 5.41 Å². The monoisotopic (exact) mass is 499 g/mol. The van der Waals surface area contributed by atoms with Gasteiger partial charge in [-0.1, -0.05) is 11.8 Å². The van der Waals surface area contributed by atoms with E-state index in [1.165, 1.54) is 23.9 Å². The number of nitrogens with zero attached hydrogens (tertiary/aromatic N) is 4. The summed E-state index contributed by atoms with van der Waals surface area (Å²) in [6, 6.07) is 7.82. The van der Waals surface area contributed by atoms with E-state index in [2.05, 4.69) is 15.0 Å². The molecule has 2 fully saturated rings. The topological polar surface area (TPSA) is 113 Å². The number of carbonyl (C=O) groups is 1. The third kappa shape index (κ3) is 4.81. The highest BCUT2D eigenvalue weighted by Gasteiger charge is 2.44. The second-order valence-electron chi connectivity index (χ2n) is 8.99. The number of rotatable bonds is 5. The van der Waals surface area contributed by atoms with Crippen LogP contribution < -0.4 is 0 Å². The largest absolute Gasteiger partial charge is 0.391 e. The Balaban J connectivity index is 1.41. The summed E-state index contributed by atoms with van der Waals surface area (Å²) in [5, 5.41) is 10.4. The van der Waals surface area contributed by atoms with Crippen LogP contribution in [0.4, 0.5) is 4.39 Å². The van der Waals surface area contributed by atoms with Crippen LogP contribution in [-0.2, 0) is 14.3 Å². The van der Waals surface area contributed by atoms with E-state index in [0.29, 0.717) is 53.1 Å². The number of likely N-dealkylation sites (tertiary alicyclic amines) is 1. The van der Waals surface area contributed by atoms with Gasteiger partial charge in [-0.05, 0) is 49.9 Å². The predicted molar refractivity (Wildman–Crippen MR) is 127 cm³/mol. The minimum Gasteiger partial charge on any atom is -0.391 e. The molecule has 1 unspecified atom stereocenters. The van der Waals surface area contributed by atoms with Gasteiger partial charge >= 0.3 is 0 Å². The Morgan fingerprint density at radius 1 is 1.23 bits per heavy atom. The van der Waals surface area contributed by atoms with Gasteiger partial charge in [-0.3, -0.25) is 4.79 Å². The molecule has 3 aromatic rings. The number of aliphatic hydroxyl groups excluding tert-OH is 1. The number of ether oxygens (including phenoxy) is 2. The highest BCUT2D eigenvalue weighted by molar-refractivity contribution is 7.98. The van der Waals surface area contributed by atoms with E-state index in [1.807, 2.05) is 6.26 Å². The van der Waals surface area contributed by atoms with Crippen molar-refractivity contribution in [2.75, 3.05) is 32.6 Å². The minimum atomic E-state index is -0.852. The molecule has 11 heteroatoms. The van der Waals surface area contributed by atoms with E-state index in [9.17, 15) is 14.3 Å². The molecular formula is C24H26FN5O4S. The van der Waals surface area contributed by atoms with Gasteiger partial charge in [-0.25, -0.2) is 19.3 Å². The van der Waals surface area contributed by atoms with E-state index in [0.717, 1.165) is 0 Å². The van der Waals surface area contributed by atoms with E-state index in [1.54, 1.807) is 36.2 Å². The maximum Gasteiger partial charge on any atom is 0.233 e. The first-order valence-corrected chi connectivity index (χ1v) is 12.5. The van der Waals surface area contributed by atoms with Gasteiger partial charge in [-0.15, -0.1) is 0 Å². The van der Waals surface area contributed by atoms with Gasteiger partial charge in [0.15, 0.2) is 11.0 Å². The molecule has 184 valence electrons. The lowest BCUT2D eigenvalue weighted by Gasteiger charge is -2.37. The molecule has 0 saturated carbocycles. The summed E-state index contributed by atoms with van der Waals surface area (Å²) in [4.78, 5) is 31.5. The van der Waals surface area contributed by atoms with Crippen LogP contribution in [0.2, 0.25) is 0 Å². The Morgan fingerprint density at radius 3 is 2.63 bits per heavy atom. The molecule has 2 N–H and O–H groups in total. The maximum absolute atomic E-state index is 13.6. The standard InChI is InChI=1S/C24H26FN5O4S/c1-24(22(32)30-10-8-16(31)11-30)12-33-21(34-13-24)20-28-18(14-3-5-15(25)6-4-14)19(29-20)17-7-9-26-23(27-17)35-2/h3-7,9,16,21,31H,8,10-13H2,1-2H3,(H,28,29). The molecule has 0 aliphatic carbocycles. The van der Waals surface area contributed by atoms with Gasteiger partial charge in [0.1, 0.15) is 5.82 Å². The number of hydrogen-bond acceptors (Lipinski definition) is 8. The Hall–Kier alpha value is -2.86. The number of hydrogen-bond donors (Lipinski definition) is 2. The summed E-state index contributed by atoms with van der Waals surface area (Å²) in [5.41, 5.74) is 1.69. The molecule has 0 radical (unpaired) electrons. The van der Waals surface area contributed by atoms with Gasteiger partial charge in [0.2, 0.25) is 12.2 Å². The van der Waals surface area contributed by atoms with Crippen LogP contribution in [0.5, 0.6) is 0 Å². The van der Waals surface area contributed by atoms with Crippen molar-refractivity contribution in [1.29, 1.82) is 0 Å². The molecule has 5 rings (SSSR count). The van der Waals surface area contributed by atoms with E-state index < -0.39 is 17.8 Å². The molecule has 2 aliphatic heterocycles. The van der Waals surface area contributed by atoms with Crippen LogP contribution in [0.15, 0.2) is 41.7 Å². The lowest BCUT2D eigenvalue weighted by atomic mass is 9.90. The number of aromatic amines is 1. The molecule has 2 aromatic heterocycles. The van der Waals surface area contributed by atoms with Crippen LogP contribution in [0.1, 0.15) is 25.5 Å². The number of aliphatic hydroxyl groups is 1. The van der Waals surface area contributed by atoms with E-state index in [-0.39, 0.29) is 24.9 Å². The van der Waals surface area contributed by atoms with E-state index >= 15 is 0 Å². The molecule has 1 atom stereocenters. The lowest BCUT2D eigenvalue weighted by Crippen LogP contribution is -2.49. The number of benzene rings is 1. The lowest BCUT2D eigenvalue weighted by molar-refractivity contribution is -0.234. The number of imidazole rings is 1.